The van der Waals surface area contributed by atoms with Crippen molar-refractivity contribution in [2.75, 3.05) is 13.2 Å². The molecule has 3 rings (SSSR count). The zero-order valence-corrected chi connectivity index (χ0v) is 12.3. The third-order valence-corrected chi connectivity index (χ3v) is 3.99. The van der Waals surface area contributed by atoms with Gasteiger partial charge in [0.15, 0.2) is 0 Å². The largest absolute Gasteiger partial charge is 0.381 e. The first-order valence-electron chi connectivity index (χ1n) is 7.56. The molecule has 1 amide bonds. The summed E-state index contributed by atoms with van der Waals surface area (Å²) in [6.07, 6.45) is 1.53. The highest BCUT2D eigenvalue weighted by molar-refractivity contribution is 5.83. The molecule has 1 aliphatic heterocycles. The van der Waals surface area contributed by atoms with Gasteiger partial charge in [0.1, 0.15) is 0 Å². The van der Waals surface area contributed by atoms with E-state index < -0.39 is 0 Å². The van der Waals surface area contributed by atoms with Gasteiger partial charge < -0.3 is 10.1 Å². The lowest BCUT2D eigenvalue weighted by Gasteiger charge is -2.07. The zero-order chi connectivity index (χ0) is 14.7. The number of amides is 1. The van der Waals surface area contributed by atoms with Crippen LogP contribution in [0.25, 0.3) is 10.9 Å². The summed E-state index contributed by atoms with van der Waals surface area (Å²) in [6, 6.07) is 8.14. The highest BCUT2D eigenvalue weighted by Crippen LogP contribution is 2.19. The number of benzene rings is 1. The standard InChI is InChI=1S/C16H21N3O2/c1-2-19-15-6-4-3-5-13(15)14(18-19)10-17-16(20)9-12-7-8-21-11-12/h3-6,12H,2,7-11H2,1H3,(H,17,20)/t12-/m1/s1. The Morgan fingerprint density at radius 1 is 1.48 bits per heavy atom. The van der Waals surface area contributed by atoms with Crippen molar-refractivity contribution in [1.82, 2.24) is 15.1 Å². The molecule has 21 heavy (non-hydrogen) atoms. The van der Waals surface area contributed by atoms with Crippen LogP contribution >= 0.6 is 0 Å². The van der Waals surface area contributed by atoms with Gasteiger partial charge in [-0.2, -0.15) is 5.10 Å². The molecule has 112 valence electrons. The third-order valence-electron chi connectivity index (χ3n) is 3.99. The molecule has 1 aromatic heterocycles. The van der Waals surface area contributed by atoms with Crippen LogP contribution in [-0.4, -0.2) is 28.9 Å². The van der Waals surface area contributed by atoms with Gasteiger partial charge >= 0.3 is 0 Å². The topological polar surface area (TPSA) is 56.2 Å². The van der Waals surface area contributed by atoms with Gasteiger partial charge in [0.25, 0.3) is 0 Å². The second kappa shape index (κ2) is 6.26. The van der Waals surface area contributed by atoms with Gasteiger partial charge in [-0.3, -0.25) is 9.48 Å². The average molecular weight is 287 g/mol. The minimum atomic E-state index is 0.0839. The van der Waals surface area contributed by atoms with E-state index >= 15 is 0 Å². The number of aryl methyl sites for hydroxylation is 1. The Hall–Kier alpha value is -1.88. The number of nitrogens with zero attached hydrogens (tertiary/aromatic N) is 2. The molecule has 1 atom stereocenters. The van der Waals surface area contributed by atoms with Crippen molar-refractivity contribution in [2.45, 2.75) is 32.9 Å². The lowest BCUT2D eigenvalue weighted by atomic mass is 10.0. The number of aromatic nitrogens is 2. The van der Waals surface area contributed by atoms with Crippen molar-refractivity contribution >= 4 is 16.8 Å². The lowest BCUT2D eigenvalue weighted by Crippen LogP contribution is -2.25. The van der Waals surface area contributed by atoms with Crippen LogP contribution in [-0.2, 0) is 22.6 Å². The summed E-state index contributed by atoms with van der Waals surface area (Å²) in [6.45, 7) is 4.87. The molecule has 0 unspecified atom stereocenters. The number of carbonyl (C=O) groups excluding carboxylic acids is 1. The first-order valence-corrected chi connectivity index (χ1v) is 7.56. The van der Waals surface area contributed by atoms with Crippen molar-refractivity contribution < 1.29 is 9.53 Å². The van der Waals surface area contributed by atoms with Gasteiger partial charge in [-0.1, -0.05) is 18.2 Å². The number of para-hydroxylation sites is 1. The van der Waals surface area contributed by atoms with Crippen molar-refractivity contribution in [3.8, 4) is 0 Å². The van der Waals surface area contributed by atoms with E-state index in [1.165, 1.54) is 0 Å². The Morgan fingerprint density at radius 2 is 2.33 bits per heavy atom. The number of nitrogens with one attached hydrogen (secondary N) is 1. The molecular weight excluding hydrogens is 266 g/mol. The summed E-state index contributed by atoms with van der Waals surface area (Å²) < 4.78 is 7.27. The normalized spacial score (nSPS) is 18.2. The van der Waals surface area contributed by atoms with E-state index in [-0.39, 0.29) is 5.91 Å². The summed E-state index contributed by atoms with van der Waals surface area (Å²) in [5.74, 6) is 0.454. The van der Waals surface area contributed by atoms with Crippen LogP contribution in [0.5, 0.6) is 0 Å². The molecule has 5 nitrogen and oxygen atoms in total. The fourth-order valence-corrected chi connectivity index (χ4v) is 2.83. The van der Waals surface area contributed by atoms with Crippen LogP contribution < -0.4 is 5.32 Å². The summed E-state index contributed by atoms with van der Waals surface area (Å²) in [7, 11) is 0. The minimum Gasteiger partial charge on any atom is -0.381 e. The van der Waals surface area contributed by atoms with Crippen LogP contribution in [0.2, 0.25) is 0 Å². The van der Waals surface area contributed by atoms with E-state index in [0.29, 0.717) is 25.5 Å². The smallest absolute Gasteiger partial charge is 0.220 e. The maximum atomic E-state index is 12.0. The Kier molecular flexibility index (Phi) is 4.20. The highest BCUT2D eigenvalue weighted by Gasteiger charge is 2.19. The first kappa shape index (κ1) is 14.1. The van der Waals surface area contributed by atoms with Crippen LogP contribution in [0.1, 0.15) is 25.5 Å². The Balaban J connectivity index is 1.66. The highest BCUT2D eigenvalue weighted by atomic mass is 16.5. The maximum Gasteiger partial charge on any atom is 0.220 e. The van der Waals surface area contributed by atoms with E-state index in [0.717, 1.165) is 36.2 Å². The van der Waals surface area contributed by atoms with Gasteiger partial charge in [-0.15, -0.1) is 0 Å². The average Bonchev–Trinajstić information content (AvgIpc) is 3.12. The van der Waals surface area contributed by atoms with Crippen molar-refractivity contribution in [3.63, 3.8) is 0 Å². The monoisotopic (exact) mass is 287 g/mol. The minimum absolute atomic E-state index is 0.0839. The van der Waals surface area contributed by atoms with Crippen molar-refractivity contribution in [1.29, 1.82) is 0 Å². The van der Waals surface area contributed by atoms with E-state index in [1.54, 1.807) is 0 Å². The number of rotatable bonds is 5. The predicted molar refractivity (Wildman–Crippen MR) is 80.8 cm³/mol. The molecule has 2 aromatic rings. The Labute approximate surface area is 124 Å². The molecule has 1 fully saturated rings. The summed E-state index contributed by atoms with van der Waals surface area (Å²) in [5.41, 5.74) is 2.05. The van der Waals surface area contributed by atoms with Crippen LogP contribution in [0.4, 0.5) is 0 Å². The van der Waals surface area contributed by atoms with E-state index in [4.69, 9.17) is 4.74 Å². The zero-order valence-electron chi connectivity index (χ0n) is 12.3. The Morgan fingerprint density at radius 3 is 3.10 bits per heavy atom. The van der Waals surface area contributed by atoms with E-state index in [9.17, 15) is 4.79 Å². The van der Waals surface area contributed by atoms with Crippen LogP contribution in [0, 0.1) is 5.92 Å². The molecule has 0 radical (unpaired) electrons. The molecule has 1 aromatic carbocycles. The van der Waals surface area contributed by atoms with E-state index in [2.05, 4.69) is 29.5 Å². The molecule has 5 heteroatoms. The molecule has 1 N–H and O–H groups in total. The molecule has 2 heterocycles. The number of fused-ring (bicyclic) bond motifs is 1. The number of hydrogen-bond donors (Lipinski definition) is 1. The maximum absolute atomic E-state index is 12.0. The molecular formula is C16H21N3O2. The van der Waals surface area contributed by atoms with Crippen LogP contribution in [0.15, 0.2) is 24.3 Å². The van der Waals surface area contributed by atoms with Gasteiger partial charge in [0, 0.05) is 31.6 Å². The van der Waals surface area contributed by atoms with Crippen molar-refractivity contribution in [2.24, 2.45) is 5.92 Å². The molecule has 0 spiro atoms. The predicted octanol–water partition coefficient (Wildman–Crippen LogP) is 2.10. The molecule has 0 bridgehead atoms. The fourth-order valence-electron chi connectivity index (χ4n) is 2.83. The molecule has 1 aliphatic rings. The Bertz CT molecular complexity index is 629. The summed E-state index contributed by atoms with van der Waals surface area (Å²) in [4.78, 5) is 12.0. The molecule has 0 aliphatic carbocycles. The van der Waals surface area contributed by atoms with E-state index in [1.807, 2.05) is 16.8 Å². The molecule has 1 saturated heterocycles. The van der Waals surface area contributed by atoms with Crippen LogP contribution in [0.3, 0.4) is 0 Å². The second-order valence-corrected chi connectivity index (χ2v) is 5.49. The SMILES string of the molecule is CCn1nc(CNC(=O)C[C@H]2CCOC2)c2ccccc21. The first-order chi connectivity index (χ1) is 10.3. The quantitative estimate of drug-likeness (QED) is 0.916. The fraction of sp³-hybridized carbons (Fsp3) is 0.500. The van der Waals surface area contributed by atoms with Gasteiger partial charge in [-0.25, -0.2) is 0 Å². The third kappa shape index (κ3) is 3.08. The second-order valence-electron chi connectivity index (χ2n) is 5.49. The van der Waals surface area contributed by atoms with Crippen molar-refractivity contribution in [3.05, 3.63) is 30.0 Å². The number of carbonyl (C=O) groups is 1. The van der Waals surface area contributed by atoms with Gasteiger partial charge in [-0.05, 0) is 25.3 Å². The van der Waals surface area contributed by atoms with Gasteiger partial charge in [0.05, 0.1) is 17.8 Å². The number of hydrogen-bond acceptors (Lipinski definition) is 3. The van der Waals surface area contributed by atoms with Gasteiger partial charge in [0.2, 0.25) is 5.91 Å². The lowest BCUT2D eigenvalue weighted by molar-refractivity contribution is -0.122. The summed E-state index contributed by atoms with van der Waals surface area (Å²) in [5, 5.41) is 8.69. The molecule has 0 saturated carbocycles. The number of ether oxygens (including phenoxy) is 1. The summed E-state index contributed by atoms with van der Waals surface area (Å²) >= 11 is 0.